The monoisotopic (exact) mass is 370 g/mol. The molecule has 1 aromatic heterocycles. The van der Waals surface area contributed by atoms with Crippen molar-refractivity contribution in [2.24, 2.45) is 5.16 Å². The molecule has 0 saturated carbocycles. The summed E-state index contributed by atoms with van der Waals surface area (Å²) in [5.41, 5.74) is 3.59. The SMILES string of the molecule is C/C=C/COc1cc(C)c(OCOc2ccc(C(C)=NOC)cn2)c(C)c1. The van der Waals surface area contributed by atoms with Gasteiger partial charge in [0, 0.05) is 17.8 Å². The van der Waals surface area contributed by atoms with Crippen LogP contribution in [0.4, 0.5) is 0 Å². The maximum atomic E-state index is 5.79. The van der Waals surface area contributed by atoms with Crippen LogP contribution in [0.2, 0.25) is 0 Å². The molecule has 2 rings (SSSR count). The van der Waals surface area contributed by atoms with Crippen LogP contribution in [0.5, 0.6) is 17.4 Å². The second-order valence-corrected chi connectivity index (χ2v) is 5.92. The van der Waals surface area contributed by atoms with E-state index in [1.54, 1.807) is 12.3 Å². The Bertz CT molecular complexity index is 775. The van der Waals surface area contributed by atoms with Gasteiger partial charge in [0.05, 0.1) is 5.71 Å². The van der Waals surface area contributed by atoms with Gasteiger partial charge < -0.3 is 19.0 Å². The summed E-state index contributed by atoms with van der Waals surface area (Å²) in [5.74, 6) is 2.08. The lowest BCUT2D eigenvalue weighted by atomic mass is 10.1. The van der Waals surface area contributed by atoms with E-state index in [1.165, 1.54) is 7.11 Å². The average Bonchev–Trinajstić information content (AvgIpc) is 2.65. The summed E-state index contributed by atoms with van der Waals surface area (Å²) in [6.07, 6.45) is 5.60. The third-order valence-corrected chi connectivity index (χ3v) is 3.81. The van der Waals surface area contributed by atoms with Crippen molar-refractivity contribution in [1.82, 2.24) is 4.98 Å². The molecule has 0 aliphatic carbocycles. The second kappa shape index (κ2) is 10.2. The highest BCUT2D eigenvalue weighted by atomic mass is 16.7. The zero-order valence-corrected chi connectivity index (χ0v) is 16.5. The summed E-state index contributed by atoms with van der Waals surface area (Å²) in [6, 6.07) is 7.55. The fourth-order valence-electron chi connectivity index (χ4n) is 2.48. The van der Waals surface area contributed by atoms with Crippen molar-refractivity contribution < 1.29 is 19.0 Å². The number of oxime groups is 1. The number of nitrogens with zero attached hydrogens (tertiary/aromatic N) is 2. The van der Waals surface area contributed by atoms with E-state index < -0.39 is 0 Å². The average molecular weight is 370 g/mol. The highest BCUT2D eigenvalue weighted by Crippen LogP contribution is 2.28. The van der Waals surface area contributed by atoms with E-state index in [0.717, 1.165) is 33.9 Å². The third-order valence-electron chi connectivity index (χ3n) is 3.81. The number of hydrogen-bond donors (Lipinski definition) is 0. The third kappa shape index (κ3) is 6.02. The summed E-state index contributed by atoms with van der Waals surface area (Å²) in [4.78, 5) is 9.01. The topological polar surface area (TPSA) is 62.2 Å². The Kier molecular flexibility index (Phi) is 7.67. The highest BCUT2D eigenvalue weighted by Gasteiger charge is 2.08. The summed E-state index contributed by atoms with van der Waals surface area (Å²) < 4.78 is 17.1. The normalized spacial score (nSPS) is 11.5. The van der Waals surface area contributed by atoms with Crippen LogP contribution in [0.3, 0.4) is 0 Å². The highest BCUT2D eigenvalue weighted by molar-refractivity contribution is 5.98. The second-order valence-electron chi connectivity index (χ2n) is 5.92. The van der Waals surface area contributed by atoms with Crippen molar-refractivity contribution in [2.75, 3.05) is 20.5 Å². The van der Waals surface area contributed by atoms with E-state index in [4.69, 9.17) is 19.0 Å². The van der Waals surface area contributed by atoms with Crippen LogP contribution < -0.4 is 14.2 Å². The van der Waals surface area contributed by atoms with Gasteiger partial charge >= 0.3 is 0 Å². The van der Waals surface area contributed by atoms with Crippen molar-refractivity contribution in [3.63, 3.8) is 0 Å². The van der Waals surface area contributed by atoms with Crippen LogP contribution in [0.1, 0.15) is 30.5 Å². The number of aromatic nitrogens is 1. The molecular weight excluding hydrogens is 344 g/mol. The standard InChI is InChI=1S/C21H26N2O4/c1-6-7-10-25-19-11-15(2)21(16(3)12-19)27-14-26-20-9-8-18(13-22-20)17(4)23-24-5/h6-9,11-13H,10,14H2,1-5H3/b7-6+,23-17?. The van der Waals surface area contributed by atoms with E-state index in [1.807, 2.05) is 58.0 Å². The van der Waals surface area contributed by atoms with Crippen LogP contribution in [-0.2, 0) is 4.84 Å². The summed E-state index contributed by atoms with van der Waals surface area (Å²) in [5, 5.41) is 3.87. The summed E-state index contributed by atoms with van der Waals surface area (Å²) in [6.45, 7) is 8.40. The summed E-state index contributed by atoms with van der Waals surface area (Å²) in [7, 11) is 1.51. The van der Waals surface area contributed by atoms with Crippen molar-refractivity contribution in [2.45, 2.75) is 27.7 Å². The smallest absolute Gasteiger partial charge is 0.232 e. The van der Waals surface area contributed by atoms with Gasteiger partial charge in [-0.25, -0.2) is 4.98 Å². The molecule has 0 aliphatic heterocycles. The van der Waals surface area contributed by atoms with E-state index in [-0.39, 0.29) is 6.79 Å². The van der Waals surface area contributed by atoms with Gasteiger partial charge in [-0.3, -0.25) is 0 Å². The first-order chi connectivity index (χ1) is 13.0. The van der Waals surface area contributed by atoms with Crippen molar-refractivity contribution >= 4 is 5.71 Å². The fourth-order valence-corrected chi connectivity index (χ4v) is 2.48. The first kappa shape index (κ1) is 20.3. The quantitative estimate of drug-likeness (QED) is 0.283. The Morgan fingerprint density at radius 2 is 1.85 bits per heavy atom. The lowest BCUT2D eigenvalue weighted by Gasteiger charge is -2.14. The van der Waals surface area contributed by atoms with Crippen molar-refractivity contribution in [1.29, 1.82) is 0 Å². The van der Waals surface area contributed by atoms with Crippen molar-refractivity contribution in [3.05, 3.63) is 59.3 Å². The van der Waals surface area contributed by atoms with Gasteiger partial charge in [-0.2, -0.15) is 0 Å². The van der Waals surface area contributed by atoms with Crippen LogP contribution in [0, 0.1) is 13.8 Å². The van der Waals surface area contributed by atoms with Gasteiger partial charge in [0.15, 0.2) is 0 Å². The Balaban J connectivity index is 1.94. The van der Waals surface area contributed by atoms with Crippen LogP contribution in [0.15, 0.2) is 47.8 Å². The lowest BCUT2D eigenvalue weighted by Crippen LogP contribution is -2.09. The molecule has 144 valence electrons. The fraction of sp³-hybridized carbons (Fsp3) is 0.333. The Labute approximate surface area is 160 Å². The minimum Gasteiger partial charge on any atom is -0.490 e. The molecule has 6 nitrogen and oxygen atoms in total. The number of pyridine rings is 1. The molecule has 0 amide bonds. The van der Waals surface area contributed by atoms with E-state index >= 15 is 0 Å². The zero-order chi connectivity index (χ0) is 19.6. The van der Waals surface area contributed by atoms with Gasteiger partial charge in [0.1, 0.15) is 25.2 Å². The number of allylic oxidation sites excluding steroid dienone is 1. The van der Waals surface area contributed by atoms with Gasteiger partial charge in [-0.15, -0.1) is 0 Å². The zero-order valence-electron chi connectivity index (χ0n) is 16.5. The molecule has 0 bridgehead atoms. The molecule has 0 atom stereocenters. The molecule has 6 heteroatoms. The van der Waals surface area contributed by atoms with Crippen LogP contribution >= 0.6 is 0 Å². The molecule has 0 saturated heterocycles. The summed E-state index contributed by atoms with van der Waals surface area (Å²) >= 11 is 0. The van der Waals surface area contributed by atoms with E-state index in [9.17, 15) is 0 Å². The van der Waals surface area contributed by atoms with Crippen LogP contribution in [-0.4, -0.2) is 31.2 Å². The molecule has 1 aromatic carbocycles. The van der Waals surface area contributed by atoms with Gasteiger partial charge in [0.2, 0.25) is 12.7 Å². The molecule has 0 fully saturated rings. The predicted octanol–water partition coefficient (Wildman–Crippen LogP) is 4.44. The largest absolute Gasteiger partial charge is 0.490 e. The molecule has 0 N–H and O–H groups in total. The van der Waals surface area contributed by atoms with E-state index in [0.29, 0.717) is 12.5 Å². The molecule has 0 unspecified atom stereocenters. The Morgan fingerprint density at radius 3 is 2.44 bits per heavy atom. The van der Waals surface area contributed by atoms with Crippen LogP contribution in [0.25, 0.3) is 0 Å². The number of ether oxygens (including phenoxy) is 3. The lowest BCUT2D eigenvalue weighted by molar-refractivity contribution is 0.113. The predicted molar refractivity (Wildman–Crippen MR) is 106 cm³/mol. The number of benzene rings is 1. The maximum absolute atomic E-state index is 5.79. The molecule has 0 radical (unpaired) electrons. The molecule has 2 aromatic rings. The van der Waals surface area contributed by atoms with Gasteiger partial charge in [-0.05, 0) is 57.0 Å². The molecule has 0 aliphatic rings. The molecule has 0 spiro atoms. The van der Waals surface area contributed by atoms with Gasteiger partial charge in [0.25, 0.3) is 0 Å². The Morgan fingerprint density at radius 1 is 1.11 bits per heavy atom. The first-order valence-corrected chi connectivity index (χ1v) is 8.70. The van der Waals surface area contributed by atoms with Crippen molar-refractivity contribution in [3.8, 4) is 17.4 Å². The minimum atomic E-state index is 0.0674. The number of aryl methyl sites for hydroxylation is 2. The maximum Gasteiger partial charge on any atom is 0.232 e. The molecule has 27 heavy (non-hydrogen) atoms. The Hall–Kier alpha value is -3.02. The number of hydrogen-bond acceptors (Lipinski definition) is 6. The minimum absolute atomic E-state index is 0.0674. The number of rotatable bonds is 9. The molecule has 1 heterocycles. The molecular formula is C21H26N2O4. The van der Waals surface area contributed by atoms with E-state index in [2.05, 4.69) is 10.1 Å². The van der Waals surface area contributed by atoms with Gasteiger partial charge in [-0.1, -0.05) is 17.3 Å². The first-order valence-electron chi connectivity index (χ1n) is 8.70.